The predicted octanol–water partition coefficient (Wildman–Crippen LogP) is 13.3. The predicted molar refractivity (Wildman–Crippen MR) is 232 cm³/mol. The number of rotatable bonds is 5. The minimum Gasteiger partial charge on any atom is -0.333 e. The molecule has 3 heteroatoms. The average Bonchev–Trinajstić information content (AvgIpc) is 3.71. The minimum absolute atomic E-state index is 0.175. The first kappa shape index (κ1) is 32.6. The Labute approximate surface area is 328 Å². The van der Waals surface area contributed by atoms with Crippen LogP contribution in [0.5, 0.6) is 0 Å². The fourth-order valence-corrected chi connectivity index (χ4v) is 9.67. The summed E-state index contributed by atoms with van der Waals surface area (Å²) in [4.78, 5) is 13.2. The zero-order valence-electron chi connectivity index (χ0n) is 31.4. The van der Waals surface area contributed by atoms with Gasteiger partial charge in [0.25, 0.3) is 0 Å². The molecule has 3 nitrogen and oxygen atoms in total. The van der Waals surface area contributed by atoms with Gasteiger partial charge in [-0.25, -0.2) is 9.97 Å². The van der Waals surface area contributed by atoms with Crippen LogP contribution in [0.25, 0.3) is 66.9 Å². The van der Waals surface area contributed by atoms with Crippen molar-refractivity contribution in [1.29, 1.82) is 0 Å². The lowest BCUT2D eigenvalue weighted by Gasteiger charge is -2.28. The monoisotopic (exact) mass is 717 g/mol. The van der Waals surface area contributed by atoms with Gasteiger partial charge in [0, 0.05) is 39.4 Å². The lowest BCUT2D eigenvalue weighted by Crippen LogP contribution is -2.28. The van der Waals surface area contributed by atoms with E-state index in [0.717, 1.165) is 33.9 Å². The Morgan fingerprint density at radius 1 is 0.500 bits per heavy atom. The highest BCUT2D eigenvalue weighted by molar-refractivity contribution is 6.05. The van der Waals surface area contributed by atoms with Gasteiger partial charge in [-0.05, 0) is 74.0 Å². The van der Waals surface area contributed by atoms with Crippen LogP contribution in [0.3, 0.4) is 0 Å². The van der Waals surface area contributed by atoms with E-state index in [0.29, 0.717) is 5.92 Å². The molecule has 2 aliphatic carbocycles. The van der Waals surface area contributed by atoms with Crippen LogP contribution in [0.4, 0.5) is 11.4 Å². The highest BCUT2D eigenvalue weighted by Gasteiger charge is 2.39. The largest absolute Gasteiger partial charge is 0.333 e. The van der Waals surface area contributed by atoms with E-state index in [2.05, 4.69) is 201 Å². The van der Waals surface area contributed by atoms with E-state index in [1.54, 1.807) is 0 Å². The zero-order valence-corrected chi connectivity index (χ0v) is 31.4. The topological polar surface area (TPSA) is 29.0 Å². The number of hydrogen-bond acceptors (Lipinski definition) is 3. The number of benzene rings is 7. The van der Waals surface area contributed by atoms with Crippen molar-refractivity contribution in [2.75, 3.05) is 4.90 Å². The van der Waals surface area contributed by atoms with Gasteiger partial charge in [-0.3, -0.25) is 0 Å². The number of nitrogens with zero attached hydrogens (tertiary/aromatic N) is 3. The maximum absolute atomic E-state index is 5.32. The van der Waals surface area contributed by atoms with Crippen molar-refractivity contribution in [2.24, 2.45) is 0 Å². The molecular formula is C53H39N3. The molecule has 0 saturated carbocycles. The second-order valence-electron chi connectivity index (χ2n) is 15.7. The van der Waals surface area contributed by atoms with Gasteiger partial charge >= 0.3 is 0 Å². The highest BCUT2D eigenvalue weighted by atomic mass is 15.2. The van der Waals surface area contributed by atoms with Gasteiger partial charge in [0.05, 0.1) is 17.4 Å². The third-order valence-electron chi connectivity index (χ3n) is 12.2. The van der Waals surface area contributed by atoms with Crippen LogP contribution in [-0.2, 0) is 5.41 Å². The third-order valence-corrected chi connectivity index (χ3v) is 12.2. The number of allylic oxidation sites excluding steroid dienone is 2. The molecule has 0 radical (unpaired) electrons. The number of aromatic nitrogens is 2. The van der Waals surface area contributed by atoms with E-state index in [-0.39, 0.29) is 11.5 Å². The number of fused-ring (bicyclic) bond motifs is 7. The smallest absolute Gasteiger partial charge is 0.160 e. The van der Waals surface area contributed by atoms with Crippen molar-refractivity contribution in [2.45, 2.75) is 31.2 Å². The van der Waals surface area contributed by atoms with Gasteiger partial charge < -0.3 is 4.90 Å². The van der Waals surface area contributed by atoms with E-state index in [4.69, 9.17) is 9.97 Å². The molecule has 8 aromatic rings. The molecule has 56 heavy (non-hydrogen) atoms. The summed E-state index contributed by atoms with van der Waals surface area (Å²) in [6.45, 7) is 4.68. The molecule has 0 bridgehead atoms. The van der Waals surface area contributed by atoms with Crippen LogP contribution in [-0.4, -0.2) is 16.0 Å². The van der Waals surface area contributed by atoms with Gasteiger partial charge in [0.15, 0.2) is 5.82 Å². The highest BCUT2D eigenvalue weighted by Crippen LogP contribution is 2.53. The van der Waals surface area contributed by atoms with Crippen LogP contribution < -0.4 is 4.90 Å². The molecule has 7 aromatic carbocycles. The normalized spacial score (nSPS) is 17.1. The molecule has 3 aliphatic rings. The first-order chi connectivity index (χ1) is 27.5. The first-order valence-corrected chi connectivity index (χ1v) is 19.6. The number of hydrogen-bond donors (Lipinski definition) is 0. The maximum atomic E-state index is 5.32. The zero-order chi connectivity index (χ0) is 37.4. The number of anilines is 2. The lowest BCUT2D eigenvalue weighted by atomic mass is 9.79. The second-order valence-corrected chi connectivity index (χ2v) is 15.7. The SMILES string of the molecule is CC1(C)c2ccccc2-c2cccc(-c3cc(-c4ccc(-c5ccc6c(c5)N(c5ccccc5)C5C=CC=CC65)c5ccccc45)nc(-c4ccccc4)n3)c21. The Bertz CT molecular complexity index is 2900. The summed E-state index contributed by atoms with van der Waals surface area (Å²) in [5.74, 6) is 1.04. The molecular weight excluding hydrogens is 679 g/mol. The van der Waals surface area contributed by atoms with Gasteiger partial charge in [-0.1, -0.05) is 178 Å². The van der Waals surface area contributed by atoms with Crippen molar-refractivity contribution in [1.82, 2.24) is 9.97 Å². The van der Waals surface area contributed by atoms with Crippen LogP contribution in [0.1, 0.15) is 36.5 Å². The average molecular weight is 718 g/mol. The molecule has 2 atom stereocenters. The van der Waals surface area contributed by atoms with Gasteiger partial charge in [0.1, 0.15) is 0 Å². The summed E-state index contributed by atoms with van der Waals surface area (Å²) in [5, 5.41) is 2.37. The van der Waals surface area contributed by atoms with Gasteiger partial charge in [-0.2, -0.15) is 0 Å². The quantitative estimate of drug-likeness (QED) is 0.177. The minimum atomic E-state index is -0.175. The van der Waals surface area contributed by atoms with Gasteiger partial charge in [-0.15, -0.1) is 0 Å². The van der Waals surface area contributed by atoms with Crippen LogP contribution in [0.15, 0.2) is 188 Å². The molecule has 11 rings (SSSR count). The van der Waals surface area contributed by atoms with E-state index in [1.165, 1.54) is 61.1 Å². The van der Waals surface area contributed by atoms with Crippen molar-refractivity contribution in [3.8, 4) is 56.2 Å². The molecule has 0 amide bonds. The fraction of sp³-hybridized carbons (Fsp3) is 0.0943. The van der Waals surface area contributed by atoms with Crippen molar-refractivity contribution in [3.05, 3.63) is 205 Å². The van der Waals surface area contributed by atoms with Crippen LogP contribution >= 0.6 is 0 Å². The summed E-state index contributed by atoms with van der Waals surface area (Å²) in [6, 6.07) is 59.5. The third kappa shape index (κ3) is 4.97. The van der Waals surface area contributed by atoms with Crippen molar-refractivity contribution >= 4 is 22.1 Å². The van der Waals surface area contributed by atoms with E-state index >= 15 is 0 Å². The Morgan fingerprint density at radius 3 is 1.96 bits per heavy atom. The standard InChI is InChI=1S/C53H39N3/c1-53(2)46-26-13-11-22-40(46)44-24-15-25-45(51(44)53)48-33-47(54-52(55-48)34-16-5-3-6-17-34)41-31-30-37(38-20-9-10-21-39(38)41)35-28-29-43-42-23-12-14-27-49(42)56(50(43)32-35)36-18-7-4-8-19-36/h3-33,42,49H,1-2H3. The number of para-hydroxylation sites is 1. The molecule has 0 fully saturated rings. The fourth-order valence-electron chi connectivity index (χ4n) is 9.67. The van der Waals surface area contributed by atoms with Crippen molar-refractivity contribution in [3.63, 3.8) is 0 Å². The lowest BCUT2D eigenvalue weighted by molar-refractivity contribution is 0.662. The molecule has 0 saturated heterocycles. The maximum Gasteiger partial charge on any atom is 0.160 e. The molecule has 0 spiro atoms. The molecule has 2 unspecified atom stereocenters. The Kier molecular flexibility index (Phi) is 7.34. The summed E-state index contributed by atoms with van der Waals surface area (Å²) >= 11 is 0. The van der Waals surface area contributed by atoms with Crippen LogP contribution in [0.2, 0.25) is 0 Å². The molecule has 266 valence electrons. The summed E-state index contributed by atoms with van der Waals surface area (Å²) in [6.07, 6.45) is 9.05. The molecule has 1 aromatic heterocycles. The molecule has 1 aliphatic heterocycles. The summed E-state index contributed by atoms with van der Waals surface area (Å²) in [7, 11) is 0. The second kappa shape index (κ2) is 12.6. The van der Waals surface area contributed by atoms with Crippen molar-refractivity contribution < 1.29 is 0 Å². The molecule has 0 N–H and O–H groups in total. The first-order valence-electron chi connectivity index (χ1n) is 19.6. The van der Waals surface area contributed by atoms with E-state index < -0.39 is 0 Å². The van der Waals surface area contributed by atoms with Gasteiger partial charge in [0.2, 0.25) is 0 Å². The van der Waals surface area contributed by atoms with E-state index in [1.807, 2.05) is 6.07 Å². The Morgan fingerprint density at radius 2 is 1.14 bits per heavy atom. The Balaban J connectivity index is 1.08. The van der Waals surface area contributed by atoms with Crippen LogP contribution in [0, 0.1) is 0 Å². The molecule has 2 heterocycles. The summed E-state index contributed by atoms with van der Waals surface area (Å²) in [5.41, 5.74) is 16.4. The van der Waals surface area contributed by atoms with E-state index in [9.17, 15) is 0 Å². The Hall–Kier alpha value is -6.84. The summed E-state index contributed by atoms with van der Waals surface area (Å²) < 4.78 is 0.